The molecule has 0 N–H and O–H groups in total. The summed E-state index contributed by atoms with van der Waals surface area (Å²) in [6, 6.07) is 11.9. The summed E-state index contributed by atoms with van der Waals surface area (Å²) in [6.45, 7) is 2.26. The number of hydrogen-bond acceptors (Lipinski definition) is 3. The van der Waals surface area contributed by atoms with E-state index in [-0.39, 0.29) is 11.9 Å². The van der Waals surface area contributed by atoms with Gasteiger partial charge in [0.2, 0.25) is 0 Å². The SMILES string of the molecule is COc1ccc2cc(C(C)C(=O)OCCBr)ccc2c1. The lowest BCUT2D eigenvalue weighted by atomic mass is 9.98. The number of esters is 1. The van der Waals surface area contributed by atoms with E-state index in [1.807, 2.05) is 43.3 Å². The maximum Gasteiger partial charge on any atom is 0.313 e. The standard InChI is InChI=1S/C16H17BrO3/c1-11(16(18)20-8-7-17)12-3-4-14-10-15(19-2)6-5-13(14)9-12/h3-6,9-11H,7-8H2,1-2H3. The molecule has 0 fully saturated rings. The highest BCUT2D eigenvalue weighted by molar-refractivity contribution is 9.09. The average molecular weight is 337 g/mol. The van der Waals surface area contributed by atoms with Gasteiger partial charge in [0, 0.05) is 5.33 Å². The average Bonchev–Trinajstić information content (AvgIpc) is 2.50. The summed E-state index contributed by atoms with van der Waals surface area (Å²) >= 11 is 3.24. The number of alkyl halides is 1. The van der Waals surface area contributed by atoms with Gasteiger partial charge in [-0.2, -0.15) is 0 Å². The van der Waals surface area contributed by atoms with Gasteiger partial charge in [-0.25, -0.2) is 0 Å². The van der Waals surface area contributed by atoms with Gasteiger partial charge in [-0.05, 0) is 35.4 Å². The van der Waals surface area contributed by atoms with Gasteiger partial charge in [0.05, 0.1) is 13.0 Å². The first kappa shape index (κ1) is 14.9. The molecule has 0 amide bonds. The lowest BCUT2D eigenvalue weighted by Gasteiger charge is -2.12. The molecule has 106 valence electrons. The van der Waals surface area contributed by atoms with E-state index >= 15 is 0 Å². The number of carbonyl (C=O) groups excluding carboxylic acids is 1. The highest BCUT2D eigenvalue weighted by Crippen LogP contribution is 2.25. The summed E-state index contributed by atoms with van der Waals surface area (Å²) in [5.74, 6) is 0.368. The highest BCUT2D eigenvalue weighted by atomic mass is 79.9. The van der Waals surface area contributed by atoms with Crippen molar-refractivity contribution in [3.63, 3.8) is 0 Å². The van der Waals surface area contributed by atoms with E-state index in [1.165, 1.54) is 0 Å². The van der Waals surface area contributed by atoms with Crippen molar-refractivity contribution in [3.05, 3.63) is 42.0 Å². The molecule has 3 nitrogen and oxygen atoms in total. The number of fused-ring (bicyclic) bond motifs is 1. The second-order valence-electron chi connectivity index (χ2n) is 4.55. The van der Waals surface area contributed by atoms with Crippen molar-refractivity contribution in [1.82, 2.24) is 0 Å². The molecule has 0 saturated carbocycles. The summed E-state index contributed by atoms with van der Waals surface area (Å²) in [5.41, 5.74) is 0.960. The summed E-state index contributed by atoms with van der Waals surface area (Å²) in [7, 11) is 1.65. The van der Waals surface area contributed by atoms with Crippen LogP contribution in [0.2, 0.25) is 0 Å². The predicted molar refractivity (Wildman–Crippen MR) is 83.7 cm³/mol. The second kappa shape index (κ2) is 6.75. The van der Waals surface area contributed by atoms with Crippen LogP contribution >= 0.6 is 15.9 Å². The van der Waals surface area contributed by atoms with Crippen LogP contribution < -0.4 is 4.74 Å². The van der Waals surface area contributed by atoms with Crippen LogP contribution in [-0.4, -0.2) is 25.0 Å². The lowest BCUT2D eigenvalue weighted by Crippen LogP contribution is -2.14. The van der Waals surface area contributed by atoms with Crippen LogP contribution in [0.1, 0.15) is 18.4 Å². The lowest BCUT2D eigenvalue weighted by molar-refractivity contribution is -0.144. The minimum absolute atomic E-state index is 0.197. The third kappa shape index (κ3) is 3.31. The first-order valence-corrected chi connectivity index (χ1v) is 7.58. The van der Waals surface area contributed by atoms with Crippen LogP contribution in [0.15, 0.2) is 36.4 Å². The van der Waals surface area contributed by atoms with Gasteiger partial charge in [0.15, 0.2) is 0 Å². The first-order chi connectivity index (χ1) is 9.65. The van der Waals surface area contributed by atoms with Crippen molar-refractivity contribution < 1.29 is 14.3 Å². The molecule has 2 rings (SSSR count). The van der Waals surface area contributed by atoms with E-state index in [0.717, 1.165) is 22.1 Å². The number of halogens is 1. The van der Waals surface area contributed by atoms with E-state index in [2.05, 4.69) is 15.9 Å². The number of hydrogen-bond donors (Lipinski definition) is 0. The van der Waals surface area contributed by atoms with Gasteiger partial charge >= 0.3 is 5.97 Å². The molecule has 20 heavy (non-hydrogen) atoms. The Hall–Kier alpha value is -1.55. The van der Waals surface area contributed by atoms with E-state index in [9.17, 15) is 4.79 Å². The number of rotatable bonds is 5. The van der Waals surface area contributed by atoms with Gasteiger partial charge < -0.3 is 9.47 Å². The fourth-order valence-corrected chi connectivity index (χ4v) is 2.20. The quantitative estimate of drug-likeness (QED) is 0.613. The molecule has 0 heterocycles. The fraction of sp³-hybridized carbons (Fsp3) is 0.312. The van der Waals surface area contributed by atoms with E-state index < -0.39 is 0 Å². The monoisotopic (exact) mass is 336 g/mol. The predicted octanol–water partition coefficient (Wildman–Crippen LogP) is 3.89. The summed E-state index contributed by atoms with van der Waals surface area (Å²) < 4.78 is 10.4. The summed E-state index contributed by atoms with van der Waals surface area (Å²) in [4.78, 5) is 11.9. The third-order valence-corrected chi connectivity index (χ3v) is 3.57. The third-order valence-electron chi connectivity index (χ3n) is 3.25. The largest absolute Gasteiger partial charge is 0.497 e. The van der Waals surface area contributed by atoms with Gasteiger partial charge in [-0.15, -0.1) is 0 Å². The molecule has 4 heteroatoms. The molecular formula is C16H17BrO3. The topological polar surface area (TPSA) is 35.5 Å². The zero-order valence-corrected chi connectivity index (χ0v) is 13.1. The van der Waals surface area contributed by atoms with Crippen molar-refractivity contribution >= 4 is 32.7 Å². The molecule has 0 radical (unpaired) electrons. The van der Waals surface area contributed by atoms with Crippen molar-refractivity contribution in [2.24, 2.45) is 0 Å². The van der Waals surface area contributed by atoms with E-state index in [0.29, 0.717) is 11.9 Å². The maximum absolute atomic E-state index is 11.9. The molecule has 0 bridgehead atoms. The zero-order chi connectivity index (χ0) is 14.5. The molecule has 0 aliphatic rings. The van der Waals surface area contributed by atoms with Gasteiger partial charge in [0.25, 0.3) is 0 Å². The van der Waals surface area contributed by atoms with Crippen LogP contribution in [0.3, 0.4) is 0 Å². The van der Waals surface area contributed by atoms with Crippen molar-refractivity contribution in [1.29, 1.82) is 0 Å². The molecule has 1 unspecified atom stereocenters. The van der Waals surface area contributed by atoms with Crippen molar-refractivity contribution in [3.8, 4) is 5.75 Å². The van der Waals surface area contributed by atoms with E-state index in [1.54, 1.807) is 7.11 Å². The number of carbonyl (C=O) groups is 1. The zero-order valence-electron chi connectivity index (χ0n) is 11.6. The fourth-order valence-electron chi connectivity index (χ4n) is 2.04. The number of benzene rings is 2. The van der Waals surface area contributed by atoms with Crippen LogP contribution in [0.25, 0.3) is 10.8 Å². The van der Waals surface area contributed by atoms with Gasteiger partial charge in [0.1, 0.15) is 12.4 Å². The molecule has 0 aromatic heterocycles. The Morgan fingerprint density at radius 1 is 1.20 bits per heavy atom. The minimum atomic E-state index is -0.263. The molecule has 0 saturated heterocycles. The van der Waals surface area contributed by atoms with E-state index in [4.69, 9.17) is 9.47 Å². The Morgan fingerprint density at radius 2 is 1.90 bits per heavy atom. The first-order valence-electron chi connectivity index (χ1n) is 6.46. The van der Waals surface area contributed by atoms with Gasteiger partial charge in [-0.3, -0.25) is 4.79 Å². The van der Waals surface area contributed by atoms with Gasteiger partial charge in [-0.1, -0.05) is 40.2 Å². The Morgan fingerprint density at radius 3 is 2.60 bits per heavy atom. The maximum atomic E-state index is 11.9. The Kier molecular flexibility index (Phi) is 5.01. The Labute approximate surface area is 127 Å². The molecule has 1 atom stereocenters. The second-order valence-corrected chi connectivity index (χ2v) is 5.34. The Balaban J connectivity index is 2.25. The molecule has 0 aliphatic heterocycles. The number of methoxy groups -OCH3 is 1. The molecule has 2 aromatic carbocycles. The summed E-state index contributed by atoms with van der Waals surface area (Å²) in [6.07, 6.45) is 0. The molecule has 0 aliphatic carbocycles. The molecule has 0 spiro atoms. The Bertz CT molecular complexity index is 610. The van der Waals surface area contributed by atoms with Crippen molar-refractivity contribution in [2.75, 3.05) is 19.0 Å². The normalized spacial score (nSPS) is 12.2. The van der Waals surface area contributed by atoms with Crippen molar-refractivity contribution in [2.45, 2.75) is 12.8 Å². The van der Waals surface area contributed by atoms with Crippen LogP contribution in [-0.2, 0) is 9.53 Å². The molecule has 2 aromatic rings. The minimum Gasteiger partial charge on any atom is -0.497 e. The highest BCUT2D eigenvalue weighted by Gasteiger charge is 2.16. The number of ether oxygens (including phenoxy) is 2. The van der Waals surface area contributed by atoms with Crippen LogP contribution in [0, 0.1) is 0 Å². The van der Waals surface area contributed by atoms with Crippen LogP contribution in [0.5, 0.6) is 5.75 Å². The summed E-state index contributed by atoms with van der Waals surface area (Å²) in [5, 5.41) is 2.83. The smallest absolute Gasteiger partial charge is 0.313 e. The van der Waals surface area contributed by atoms with Crippen LogP contribution in [0.4, 0.5) is 0 Å². The molecular weight excluding hydrogens is 320 g/mol.